The van der Waals surface area contributed by atoms with Gasteiger partial charge in [-0.15, -0.1) is 0 Å². The second-order valence-corrected chi connectivity index (χ2v) is 5.86. The van der Waals surface area contributed by atoms with Gasteiger partial charge in [0, 0.05) is 11.1 Å². The molecule has 0 bridgehead atoms. The van der Waals surface area contributed by atoms with Crippen molar-refractivity contribution in [3.63, 3.8) is 0 Å². The van der Waals surface area contributed by atoms with Gasteiger partial charge < -0.3 is 19.7 Å². The molecule has 0 saturated carbocycles. The van der Waals surface area contributed by atoms with Crippen LogP contribution in [0.4, 0.5) is 0 Å². The summed E-state index contributed by atoms with van der Waals surface area (Å²) in [4.78, 5) is 3.91. The minimum absolute atomic E-state index is 0.0212. The quantitative estimate of drug-likeness (QED) is 0.673. The van der Waals surface area contributed by atoms with Crippen LogP contribution in [0, 0.1) is 0 Å². The molecular weight excluding hydrogens is 334 g/mol. The van der Waals surface area contributed by atoms with Gasteiger partial charge in [-0.2, -0.15) is 5.10 Å². The zero-order valence-electron chi connectivity index (χ0n) is 14.6. The van der Waals surface area contributed by atoms with Gasteiger partial charge in [-0.05, 0) is 12.1 Å². The molecule has 1 aromatic heterocycles. The molecule has 0 spiro atoms. The van der Waals surface area contributed by atoms with E-state index in [2.05, 4.69) is 10.1 Å². The third-order valence-electron chi connectivity index (χ3n) is 4.33. The molecule has 0 radical (unpaired) electrons. The smallest absolute Gasteiger partial charge is 0.143 e. The number of aliphatic hydroxyl groups is 2. The lowest BCUT2D eigenvalue weighted by atomic mass is 9.83. The predicted molar refractivity (Wildman–Crippen MR) is 94.9 cm³/mol. The first-order valence-corrected chi connectivity index (χ1v) is 8.09. The van der Waals surface area contributed by atoms with Crippen LogP contribution >= 0.6 is 0 Å². The Balaban J connectivity index is 2.14. The third-order valence-corrected chi connectivity index (χ3v) is 4.33. The largest absolute Gasteiger partial charge is 0.496 e. The fourth-order valence-corrected chi connectivity index (χ4v) is 3.03. The molecule has 1 heterocycles. The lowest BCUT2D eigenvalue weighted by molar-refractivity contribution is -0.0982. The van der Waals surface area contributed by atoms with Crippen molar-refractivity contribution in [2.24, 2.45) is 0 Å². The minimum atomic E-state index is -1.73. The molecule has 0 fully saturated rings. The van der Waals surface area contributed by atoms with Crippen molar-refractivity contribution in [2.45, 2.75) is 18.2 Å². The van der Waals surface area contributed by atoms with Crippen LogP contribution in [0.25, 0.3) is 0 Å². The fraction of sp³-hybridized carbons (Fsp3) is 0.263. The predicted octanol–water partition coefficient (Wildman–Crippen LogP) is 1.92. The Morgan fingerprint density at radius 1 is 1.04 bits per heavy atom. The number of hydrogen-bond acceptors (Lipinski definition) is 6. The van der Waals surface area contributed by atoms with Crippen LogP contribution in [0.15, 0.2) is 61.2 Å². The summed E-state index contributed by atoms with van der Waals surface area (Å²) in [6.45, 7) is -0.0212. The van der Waals surface area contributed by atoms with Crippen LogP contribution in [0.1, 0.15) is 17.2 Å². The molecule has 0 saturated heterocycles. The Morgan fingerprint density at radius 3 is 2.35 bits per heavy atom. The summed E-state index contributed by atoms with van der Waals surface area (Å²) < 4.78 is 12.2. The van der Waals surface area contributed by atoms with Gasteiger partial charge in [0.25, 0.3) is 0 Å². The summed E-state index contributed by atoms with van der Waals surface area (Å²) in [5.41, 5.74) is -0.825. The number of aromatic nitrogens is 3. The number of para-hydroxylation sites is 2. The first-order chi connectivity index (χ1) is 12.6. The highest BCUT2D eigenvalue weighted by molar-refractivity contribution is 5.43. The number of benzene rings is 2. The van der Waals surface area contributed by atoms with Crippen molar-refractivity contribution >= 4 is 0 Å². The van der Waals surface area contributed by atoms with Crippen LogP contribution < -0.4 is 9.47 Å². The normalized spacial score (nSPS) is 14.5. The number of ether oxygens (including phenoxy) is 2. The summed E-state index contributed by atoms with van der Waals surface area (Å²) in [5, 5.41) is 26.9. The monoisotopic (exact) mass is 355 g/mol. The molecular formula is C19H21N3O4. The molecule has 0 amide bonds. The Labute approximate surface area is 151 Å². The van der Waals surface area contributed by atoms with E-state index in [0.717, 1.165) is 0 Å². The standard InChI is InChI=1S/C19H21N3O4/c1-25-16-9-5-3-7-14(16)18(23)19(24,11-22-13-20-12-21-22)15-8-4-6-10-17(15)26-2/h3-10,12-13,18,23-24H,11H2,1-2H3/t18-,19-/m0/s1. The molecule has 7 nitrogen and oxygen atoms in total. The van der Waals surface area contributed by atoms with E-state index >= 15 is 0 Å². The highest BCUT2D eigenvalue weighted by Gasteiger charge is 2.42. The molecule has 136 valence electrons. The van der Waals surface area contributed by atoms with Crippen molar-refractivity contribution in [3.05, 3.63) is 72.3 Å². The second-order valence-electron chi connectivity index (χ2n) is 5.86. The number of aliphatic hydroxyl groups excluding tert-OH is 1. The molecule has 0 unspecified atom stereocenters. The van der Waals surface area contributed by atoms with Crippen molar-refractivity contribution in [3.8, 4) is 11.5 Å². The average molecular weight is 355 g/mol. The van der Waals surface area contributed by atoms with E-state index < -0.39 is 11.7 Å². The lowest BCUT2D eigenvalue weighted by Crippen LogP contribution is -2.39. The van der Waals surface area contributed by atoms with Gasteiger partial charge in [0.1, 0.15) is 35.9 Å². The molecule has 2 atom stereocenters. The maximum absolute atomic E-state index is 11.6. The molecule has 2 N–H and O–H groups in total. The summed E-state index contributed by atoms with van der Waals surface area (Å²) in [6.07, 6.45) is 1.56. The highest BCUT2D eigenvalue weighted by atomic mass is 16.5. The zero-order valence-corrected chi connectivity index (χ0v) is 14.6. The minimum Gasteiger partial charge on any atom is -0.496 e. The van der Waals surface area contributed by atoms with Crippen molar-refractivity contribution in [1.82, 2.24) is 14.8 Å². The van der Waals surface area contributed by atoms with Crippen molar-refractivity contribution in [2.75, 3.05) is 14.2 Å². The van der Waals surface area contributed by atoms with Crippen molar-refractivity contribution in [1.29, 1.82) is 0 Å². The lowest BCUT2D eigenvalue weighted by Gasteiger charge is -2.35. The van der Waals surface area contributed by atoms with Crippen LogP contribution in [0.5, 0.6) is 11.5 Å². The number of hydrogen-bond donors (Lipinski definition) is 2. The van der Waals surface area contributed by atoms with E-state index in [1.54, 1.807) is 48.5 Å². The fourth-order valence-electron chi connectivity index (χ4n) is 3.03. The molecule has 3 rings (SSSR count). The van der Waals surface area contributed by atoms with Gasteiger partial charge in [-0.25, -0.2) is 9.67 Å². The number of methoxy groups -OCH3 is 2. The second kappa shape index (κ2) is 7.55. The molecule has 3 aromatic rings. The summed E-state index contributed by atoms with van der Waals surface area (Å²) in [5.74, 6) is 0.941. The summed E-state index contributed by atoms with van der Waals surface area (Å²) in [7, 11) is 3.04. The molecule has 0 aliphatic rings. The van der Waals surface area contributed by atoms with Crippen LogP contribution in [0.3, 0.4) is 0 Å². The van der Waals surface area contributed by atoms with Gasteiger partial charge in [-0.3, -0.25) is 0 Å². The third kappa shape index (κ3) is 3.26. The summed E-state index contributed by atoms with van der Waals surface area (Å²) >= 11 is 0. The SMILES string of the molecule is COc1ccccc1[C@H](O)[C@](O)(Cn1cncn1)c1ccccc1OC. The maximum atomic E-state index is 11.6. The highest BCUT2D eigenvalue weighted by Crippen LogP contribution is 2.43. The van der Waals surface area contributed by atoms with E-state index in [0.29, 0.717) is 22.6 Å². The van der Waals surface area contributed by atoms with Gasteiger partial charge in [-0.1, -0.05) is 36.4 Å². The van der Waals surface area contributed by atoms with Crippen LogP contribution in [-0.2, 0) is 12.1 Å². The van der Waals surface area contributed by atoms with E-state index in [9.17, 15) is 10.2 Å². The Hall–Kier alpha value is -2.90. The maximum Gasteiger partial charge on any atom is 0.143 e. The topological polar surface area (TPSA) is 89.6 Å². The van der Waals surface area contributed by atoms with Gasteiger partial charge in [0.2, 0.25) is 0 Å². The summed E-state index contributed by atoms with van der Waals surface area (Å²) in [6, 6.07) is 14.0. The Morgan fingerprint density at radius 2 is 1.69 bits per heavy atom. The average Bonchev–Trinajstić information content (AvgIpc) is 3.20. The van der Waals surface area contributed by atoms with Gasteiger partial charge in [0.05, 0.1) is 20.8 Å². The Bertz CT molecular complexity index is 854. The Kier molecular flexibility index (Phi) is 5.20. The molecule has 26 heavy (non-hydrogen) atoms. The van der Waals surface area contributed by atoms with Gasteiger partial charge in [0.15, 0.2) is 0 Å². The van der Waals surface area contributed by atoms with Crippen molar-refractivity contribution < 1.29 is 19.7 Å². The molecule has 2 aromatic carbocycles. The van der Waals surface area contributed by atoms with E-state index in [1.165, 1.54) is 31.6 Å². The van der Waals surface area contributed by atoms with E-state index in [-0.39, 0.29) is 6.54 Å². The zero-order chi connectivity index (χ0) is 18.6. The van der Waals surface area contributed by atoms with E-state index in [4.69, 9.17) is 9.47 Å². The molecule has 7 heteroatoms. The number of rotatable bonds is 7. The van der Waals surface area contributed by atoms with Gasteiger partial charge >= 0.3 is 0 Å². The molecule has 0 aliphatic carbocycles. The molecule has 0 aliphatic heterocycles. The first kappa shape index (κ1) is 17.9. The van der Waals surface area contributed by atoms with Crippen LogP contribution in [-0.4, -0.2) is 39.2 Å². The number of nitrogens with zero attached hydrogens (tertiary/aromatic N) is 3. The van der Waals surface area contributed by atoms with E-state index in [1.807, 2.05) is 0 Å². The first-order valence-electron chi connectivity index (χ1n) is 8.09. The van der Waals surface area contributed by atoms with Crippen LogP contribution in [0.2, 0.25) is 0 Å².